The Morgan fingerprint density at radius 2 is 2.14 bits per heavy atom. The van der Waals surface area contributed by atoms with E-state index in [9.17, 15) is 14.9 Å². The highest BCUT2D eigenvalue weighted by molar-refractivity contribution is 6.33. The first-order chi connectivity index (χ1) is 10.0. The Morgan fingerprint density at radius 1 is 1.43 bits per heavy atom. The van der Waals surface area contributed by atoms with E-state index in [1.807, 2.05) is 6.92 Å². The summed E-state index contributed by atoms with van der Waals surface area (Å²) < 4.78 is 5.22. The molecule has 0 bridgehead atoms. The van der Waals surface area contributed by atoms with Crippen LogP contribution in [-0.4, -0.2) is 17.5 Å². The van der Waals surface area contributed by atoms with Crippen LogP contribution in [0.2, 0.25) is 5.02 Å². The molecular formula is C15H20ClNO4. The maximum Gasteiger partial charge on any atom is 0.345 e. The molecule has 0 N–H and O–H groups in total. The van der Waals surface area contributed by atoms with Gasteiger partial charge >= 0.3 is 11.7 Å². The van der Waals surface area contributed by atoms with Crippen molar-refractivity contribution >= 4 is 23.3 Å². The molecule has 5 nitrogen and oxygen atoms in total. The van der Waals surface area contributed by atoms with Crippen LogP contribution in [0, 0.1) is 16.0 Å². The summed E-state index contributed by atoms with van der Waals surface area (Å²) in [6.07, 6.45) is 4.06. The number of hydrogen-bond donors (Lipinski definition) is 0. The topological polar surface area (TPSA) is 69.4 Å². The number of hydrogen-bond acceptors (Lipinski definition) is 4. The molecule has 1 atom stereocenters. The van der Waals surface area contributed by atoms with Crippen molar-refractivity contribution < 1.29 is 14.5 Å². The largest absolute Gasteiger partial charge is 0.462 e. The van der Waals surface area contributed by atoms with Crippen molar-refractivity contribution in [3.05, 3.63) is 38.9 Å². The summed E-state index contributed by atoms with van der Waals surface area (Å²) in [5.41, 5.74) is -0.497. The molecule has 0 saturated carbocycles. The van der Waals surface area contributed by atoms with E-state index in [0.29, 0.717) is 0 Å². The molecule has 0 fully saturated rings. The van der Waals surface area contributed by atoms with E-state index in [1.54, 1.807) is 0 Å². The smallest absolute Gasteiger partial charge is 0.345 e. The van der Waals surface area contributed by atoms with Crippen molar-refractivity contribution in [2.24, 2.45) is 5.92 Å². The van der Waals surface area contributed by atoms with Crippen molar-refractivity contribution in [1.82, 2.24) is 0 Å². The molecule has 0 saturated heterocycles. The minimum absolute atomic E-state index is 0.0625. The van der Waals surface area contributed by atoms with Gasteiger partial charge in [0.05, 0.1) is 11.5 Å². The van der Waals surface area contributed by atoms with E-state index < -0.39 is 16.6 Å². The Bertz CT molecular complexity index is 504. The second-order valence-corrected chi connectivity index (χ2v) is 5.32. The first-order valence-corrected chi connectivity index (χ1v) is 7.49. The highest BCUT2D eigenvalue weighted by atomic mass is 35.5. The predicted octanol–water partition coefficient (Wildman–Crippen LogP) is 4.62. The van der Waals surface area contributed by atoms with Gasteiger partial charge in [0.15, 0.2) is 0 Å². The summed E-state index contributed by atoms with van der Waals surface area (Å²) in [5.74, 6) is -0.411. The summed E-state index contributed by atoms with van der Waals surface area (Å²) in [5, 5.41) is 10.9. The monoisotopic (exact) mass is 313 g/mol. The number of esters is 1. The van der Waals surface area contributed by atoms with Gasteiger partial charge in [-0.15, -0.1) is 0 Å². The minimum atomic E-state index is -0.695. The standard InChI is InChI=1S/C15H20ClNO4/c1-3-5-7-11(4-2)10-21-15(18)12-8-6-9-13(16)14(12)17(19)20/h6,8-9,11H,3-5,7,10H2,1-2H3. The lowest BCUT2D eigenvalue weighted by atomic mass is 10.0. The fraction of sp³-hybridized carbons (Fsp3) is 0.533. The van der Waals surface area contributed by atoms with Gasteiger partial charge < -0.3 is 4.74 Å². The number of ether oxygens (including phenoxy) is 1. The van der Waals surface area contributed by atoms with Crippen molar-refractivity contribution in [3.63, 3.8) is 0 Å². The van der Waals surface area contributed by atoms with Gasteiger partial charge in [0.1, 0.15) is 10.6 Å². The molecule has 21 heavy (non-hydrogen) atoms. The molecule has 0 radical (unpaired) electrons. The molecular weight excluding hydrogens is 294 g/mol. The molecule has 1 aromatic rings. The number of carbonyl (C=O) groups is 1. The van der Waals surface area contributed by atoms with Crippen molar-refractivity contribution in [1.29, 1.82) is 0 Å². The van der Waals surface area contributed by atoms with Crippen LogP contribution in [0.15, 0.2) is 18.2 Å². The van der Waals surface area contributed by atoms with Gasteiger partial charge in [0.25, 0.3) is 0 Å². The number of para-hydroxylation sites is 1. The van der Waals surface area contributed by atoms with E-state index in [2.05, 4.69) is 6.92 Å². The average molecular weight is 314 g/mol. The molecule has 1 aromatic carbocycles. The summed E-state index contributed by atoms with van der Waals surface area (Å²) in [6.45, 7) is 4.42. The Morgan fingerprint density at radius 3 is 2.71 bits per heavy atom. The van der Waals surface area contributed by atoms with Crippen LogP contribution in [0.25, 0.3) is 0 Å². The zero-order chi connectivity index (χ0) is 15.8. The quantitative estimate of drug-likeness (QED) is 0.399. The molecule has 0 aromatic heterocycles. The van der Waals surface area contributed by atoms with Crippen LogP contribution in [-0.2, 0) is 4.74 Å². The van der Waals surface area contributed by atoms with E-state index in [4.69, 9.17) is 16.3 Å². The lowest BCUT2D eigenvalue weighted by Crippen LogP contribution is -2.15. The molecule has 0 aliphatic carbocycles. The van der Waals surface area contributed by atoms with Gasteiger partial charge in [-0.2, -0.15) is 0 Å². The molecule has 0 heterocycles. The molecule has 0 aliphatic heterocycles. The van der Waals surface area contributed by atoms with Gasteiger partial charge in [0.2, 0.25) is 0 Å². The van der Waals surface area contributed by atoms with Crippen LogP contribution < -0.4 is 0 Å². The van der Waals surface area contributed by atoms with E-state index in [-0.39, 0.29) is 23.1 Å². The third kappa shape index (κ3) is 5.01. The first-order valence-electron chi connectivity index (χ1n) is 7.11. The Hall–Kier alpha value is -1.62. The van der Waals surface area contributed by atoms with Gasteiger partial charge in [-0.3, -0.25) is 10.1 Å². The Kier molecular flexibility index (Phi) is 7.15. The van der Waals surface area contributed by atoms with Gasteiger partial charge in [-0.1, -0.05) is 50.8 Å². The summed E-state index contributed by atoms with van der Waals surface area (Å²) >= 11 is 5.78. The normalized spacial score (nSPS) is 12.0. The predicted molar refractivity (Wildman–Crippen MR) is 81.7 cm³/mol. The average Bonchev–Trinajstić information content (AvgIpc) is 2.46. The lowest BCUT2D eigenvalue weighted by molar-refractivity contribution is -0.385. The van der Waals surface area contributed by atoms with E-state index in [0.717, 1.165) is 25.7 Å². The summed E-state index contributed by atoms with van der Waals surface area (Å²) in [7, 11) is 0. The van der Waals surface area contributed by atoms with Gasteiger partial charge in [-0.05, 0) is 24.5 Å². The highest BCUT2D eigenvalue weighted by Gasteiger charge is 2.25. The number of nitro benzene ring substituents is 1. The van der Waals surface area contributed by atoms with Crippen LogP contribution in [0.4, 0.5) is 5.69 Å². The van der Waals surface area contributed by atoms with E-state index >= 15 is 0 Å². The zero-order valence-corrected chi connectivity index (χ0v) is 13.1. The van der Waals surface area contributed by atoms with E-state index in [1.165, 1.54) is 18.2 Å². The number of unbranched alkanes of at least 4 members (excludes halogenated alkanes) is 1. The lowest BCUT2D eigenvalue weighted by Gasteiger charge is -2.14. The maximum absolute atomic E-state index is 12.0. The van der Waals surface area contributed by atoms with Gasteiger partial charge in [-0.25, -0.2) is 4.79 Å². The van der Waals surface area contributed by atoms with Crippen molar-refractivity contribution in [3.8, 4) is 0 Å². The molecule has 1 unspecified atom stereocenters. The molecule has 116 valence electrons. The highest BCUT2D eigenvalue weighted by Crippen LogP contribution is 2.28. The molecule has 1 rings (SSSR count). The Balaban J connectivity index is 2.76. The fourth-order valence-electron chi connectivity index (χ4n) is 2.04. The molecule has 0 spiro atoms. The fourth-order valence-corrected chi connectivity index (χ4v) is 2.28. The van der Waals surface area contributed by atoms with Crippen LogP contribution in [0.5, 0.6) is 0 Å². The molecule has 0 amide bonds. The zero-order valence-electron chi connectivity index (χ0n) is 12.3. The second-order valence-electron chi connectivity index (χ2n) is 4.91. The number of nitrogens with zero attached hydrogens (tertiary/aromatic N) is 1. The summed E-state index contributed by atoms with van der Waals surface area (Å²) in [6, 6.07) is 4.24. The van der Waals surface area contributed by atoms with Crippen LogP contribution in [0.1, 0.15) is 49.9 Å². The SMILES string of the molecule is CCCCC(CC)COC(=O)c1cccc(Cl)c1[N+](=O)[O-]. The first kappa shape index (κ1) is 17.4. The van der Waals surface area contributed by atoms with Gasteiger partial charge in [0, 0.05) is 0 Å². The molecule has 6 heteroatoms. The Labute approximate surface area is 129 Å². The number of benzene rings is 1. The van der Waals surface area contributed by atoms with Crippen molar-refractivity contribution in [2.75, 3.05) is 6.61 Å². The van der Waals surface area contributed by atoms with Crippen LogP contribution in [0.3, 0.4) is 0 Å². The number of carbonyl (C=O) groups excluding carboxylic acids is 1. The molecule has 0 aliphatic rings. The minimum Gasteiger partial charge on any atom is -0.462 e. The second kappa shape index (κ2) is 8.62. The third-order valence-electron chi connectivity index (χ3n) is 3.38. The van der Waals surface area contributed by atoms with Crippen LogP contribution >= 0.6 is 11.6 Å². The van der Waals surface area contributed by atoms with Crippen molar-refractivity contribution in [2.45, 2.75) is 39.5 Å². The maximum atomic E-state index is 12.0. The number of halogens is 1. The number of nitro groups is 1. The third-order valence-corrected chi connectivity index (χ3v) is 3.69. The number of rotatable bonds is 8. The summed E-state index contributed by atoms with van der Waals surface area (Å²) in [4.78, 5) is 22.4.